The van der Waals surface area contributed by atoms with Gasteiger partial charge in [-0.2, -0.15) is 5.10 Å². The molecule has 0 bridgehead atoms. The number of hydrogen-bond acceptors (Lipinski definition) is 10. The Balaban J connectivity index is 1.53. The van der Waals surface area contributed by atoms with Crippen molar-refractivity contribution in [3.8, 4) is 22.8 Å². The molecule has 0 unspecified atom stereocenters. The summed E-state index contributed by atoms with van der Waals surface area (Å²) in [6.07, 6.45) is 7.22. The molecule has 1 aliphatic heterocycles. The number of carbonyl (C=O) groups excluding carboxylic acids is 1. The number of allylic oxidation sites excluding steroid dienone is 1. The summed E-state index contributed by atoms with van der Waals surface area (Å²) in [7, 11) is 4.71. The first kappa shape index (κ1) is 31.5. The first-order valence-electron chi connectivity index (χ1n) is 14.0. The van der Waals surface area contributed by atoms with Crippen LogP contribution in [0.3, 0.4) is 0 Å². The molecule has 2 N–H and O–H groups in total. The zero-order chi connectivity index (χ0) is 31.2. The maximum Gasteiger partial charge on any atom is 0.155 e. The molecule has 0 amide bonds. The zero-order valence-corrected chi connectivity index (χ0v) is 26.2. The van der Waals surface area contributed by atoms with Gasteiger partial charge in [0.15, 0.2) is 5.78 Å². The summed E-state index contributed by atoms with van der Waals surface area (Å²) in [6, 6.07) is 5.36. The molecule has 0 saturated carbocycles. The Bertz CT molecular complexity index is 1630. The molecule has 1 aliphatic rings. The van der Waals surface area contributed by atoms with E-state index in [4.69, 9.17) is 47.1 Å². The van der Waals surface area contributed by atoms with E-state index >= 15 is 0 Å². The molecule has 13 heteroatoms. The van der Waals surface area contributed by atoms with Crippen LogP contribution < -0.4 is 20.1 Å². The Kier molecular flexibility index (Phi) is 10.2. The second kappa shape index (κ2) is 14.3. The van der Waals surface area contributed by atoms with Crippen LogP contribution in [0.2, 0.25) is 10.0 Å². The minimum Gasteiger partial charge on any atom is -0.495 e. The van der Waals surface area contributed by atoms with E-state index < -0.39 is 0 Å². The van der Waals surface area contributed by atoms with Crippen molar-refractivity contribution < 1.29 is 23.7 Å². The largest absolute Gasteiger partial charge is 0.495 e. The second-order valence-electron chi connectivity index (χ2n) is 10.3. The van der Waals surface area contributed by atoms with Gasteiger partial charge >= 0.3 is 0 Å². The molecule has 1 saturated heterocycles. The molecule has 232 valence electrons. The molecule has 1 fully saturated rings. The van der Waals surface area contributed by atoms with Gasteiger partial charge in [0, 0.05) is 66.4 Å². The van der Waals surface area contributed by atoms with Crippen LogP contribution in [0.4, 0.5) is 11.6 Å². The number of nitrogens with zero attached hydrogens (tertiary/aromatic N) is 4. The van der Waals surface area contributed by atoms with Crippen molar-refractivity contribution in [1.29, 1.82) is 0 Å². The highest BCUT2D eigenvalue weighted by Gasteiger charge is 2.30. The van der Waals surface area contributed by atoms with Crippen LogP contribution in [0, 0.1) is 5.92 Å². The number of rotatable bonds is 14. The number of fused-ring (bicyclic) bond motifs is 1. The van der Waals surface area contributed by atoms with Gasteiger partial charge in [-0.15, -0.1) is 0 Å². The number of ether oxygens (including phenoxy) is 4. The summed E-state index contributed by atoms with van der Waals surface area (Å²) in [5.74, 6) is 2.03. The first-order valence-corrected chi connectivity index (χ1v) is 14.8. The van der Waals surface area contributed by atoms with E-state index in [1.54, 1.807) is 25.6 Å². The average molecular weight is 642 g/mol. The predicted octanol–water partition coefficient (Wildman–Crippen LogP) is 5.65. The van der Waals surface area contributed by atoms with Gasteiger partial charge in [0.05, 0.1) is 68.6 Å². The van der Waals surface area contributed by atoms with Crippen molar-refractivity contribution in [1.82, 2.24) is 19.7 Å². The summed E-state index contributed by atoms with van der Waals surface area (Å²) in [6.45, 7) is 6.21. The molecule has 11 nitrogen and oxygen atoms in total. The Morgan fingerprint density at radius 2 is 1.91 bits per heavy atom. The molecule has 4 aromatic rings. The van der Waals surface area contributed by atoms with Gasteiger partial charge < -0.3 is 29.6 Å². The molecular weight excluding hydrogens is 607 g/mol. The molecule has 5 rings (SSSR count). The van der Waals surface area contributed by atoms with E-state index in [1.165, 1.54) is 20.3 Å². The predicted molar refractivity (Wildman–Crippen MR) is 171 cm³/mol. The van der Waals surface area contributed by atoms with Gasteiger partial charge in [0.1, 0.15) is 23.1 Å². The smallest absolute Gasteiger partial charge is 0.155 e. The molecule has 2 atom stereocenters. The molecule has 4 heterocycles. The fourth-order valence-corrected chi connectivity index (χ4v) is 5.77. The van der Waals surface area contributed by atoms with Gasteiger partial charge in [0.25, 0.3) is 0 Å². The number of aromatic nitrogens is 4. The minimum absolute atomic E-state index is 0.0121. The Labute approximate surface area is 265 Å². The lowest BCUT2D eigenvalue weighted by atomic mass is 9.97. The monoisotopic (exact) mass is 640 g/mol. The first-order chi connectivity index (χ1) is 21.3. The van der Waals surface area contributed by atoms with E-state index in [0.29, 0.717) is 83.8 Å². The number of nitrogens with one attached hydrogen (secondary N) is 2. The highest BCUT2D eigenvalue weighted by molar-refractivity contribution is 6.41. The molecule has 3 aromatic heterocycles. The minimum atomic E-state index is -0.0766. The Morgan fingerprint density at radius 1 is 1.14 bits per heavy atom. The molecule has 0 spiro atoms. The zero-order valence-electron chi connectivity index (χ0n) is 24.7. The number of ketones is 1. The summed E-state index contributed by atoms with van der Waals surface area (Å²) in [5.41, 5.74) is 1.95. The topological polar surface area (TPSA) is 122 Å². The molecular formula is C31H34Cl2N6O5. The van der Waals surface area contributed by atoms with Gasteiger partial charge in [-0.1, -0.05) is 29.8 Å². The van der Waals surface area contributed by atoms with Crippen molar-refractivity contribution in [2.45, 2.75) is 25.6 Å². The number of benzene rings is 1. The van der Waals surface area contributed by atoms with Crippen LogP contribution >= 0.6 is 23.2 Å². The molecule has 0 radical (unpaired) electrons. The quantitative estimate of drug-likeness (QED) is 0.167. The van der Waals surface area contributed by atoms with E-state index in [2.05, 4.69) is 27.3 Å². The van der Waals surface area contributed by atoms with Crippen molar-refractivity contribution in [3.63, 3.8) is 0 Å². The van der Waals surface area contributed by atoms with Crippen LogP contribution in [0.5, 0.6) is 11.5 Å². The summed E-state index contributed by atoms with van der Waals surface area (Å²) in [4.78, 5) is 21.7. The lowest BCUT2D eigenvalue weighted by Gasteiger charge is -2.20. The lowest BCUT2D eigenvalue weighted by molar-refractivity contribution is -0.115. The third-order valence-electron chi connectivity index (χ3n) is 7.44. The fourth-order valence-electron chi connectivity index (χ4n) is 5.08. The van der Waals surface area contributed by atoms with Crippen LogP contribution in [0.1, 0.15) is 12.0 Å². The van der Waals surface area contributed by atoms with Gasteiger partial charge in [0.2, 0.25) is 0 Å². The number of anilines is 2. The third kappa shape index (κ3) is 6.91. The van der Waals surface area contributed by atoms with Gasteiger partial charge in [-0.05, 0) is 18.2 Å². The molecule has 1 aromatic carbocycles. The SMILES string of the molecule is C=CC(=O)C[C@H]1COC[C@H]1Nc1cc2c(NCc3cnn(CCOC)c3)nc(-c3c(Cl)c(OC)cc(OC)c3Cl)cc2cn1. The van der Waals surface area contributed by atoms with Crippen molar-refractivity contribution >= 4 is 51.4 Å². The number of halogens is 2. The highest BCUT2D eigenvalue weighted by atomic mass is 35.5. The number of carbonyl (C=O) groups is 1. The number of pyridine rings is 2. The Hall–Kier alpha value is -3.90. The summed E-state index contributed by atoms with van der Waals surface area (Å²) >= 11 is 13.5. The standard InChI is InChI=1S/C31H34Cl2N6O5/c1-5-21(40)8-20-16-44-17-24(20)37-27-10-22-19(14-34-27)9-23(28-29(32)25(42-3)11-26(43-4)30(28)33)38-31(22)35-12-18-13-36-39(15-18)6-7-41-2/h5,9-11,13-15,20,24H,1,6-8,12,16-17H2,2-4H3,(H,34,37)(H,35,38)/t20-,24+/m0/s1. The second-order valence-corrected chi connectivity index (χ2v) is 11.1. The van der Waals surface area contributed by atoms with Gasteiger partial charge in [-0.25, -0.2) is 9.97 Å². The number of methoxy groups -OCH3 is 3. The van der Waals surface area contributed by atoms with Crippen LogP contribution in [0.25, 0.3) is 22.0 Å². The van der Waals surface area contributed by atoms with E-state index in [-0.39, 0.29) is 17.7 Å². The van der Waals surface area contributed by atoms with E-state index in [9.17, 15) is 4.79 Å². The van der Waals surface area contributed by atoms with Crippen molar-refractivity contribution in [2.75, 3.05) is 51.8 Å². The lowest BCUT2D eigenvalue weighted by Crippen LogP contribution is -2.29. The van der Waals surface area contributed by atoms with Crippen LogP contribution in [0.15, 0.2) is 49.4 Å². The van der Waals surface area contributed by atoms with Crippen molar-refractivity contribution in [3.05, 3.63) is 65.1 Å². The molecule has 0 aliphatic carbocycles. The number of hydrogen-bond donors (Lipinski definition) is 2. The summed E-state index contributed by atoms with van der Waals surface area (Å²) in [5, 5.41) is 13.6. The van der Waals surface area contributed by atoms with Crippen LogP contribution in [-0.2, 0) is 27.4 Å². The molecule has 44 heavy (non-hydrogen) atoms. The maximum absolute atomic E-state index is 12.0. The third-order valence-corrected chi connectivity index (χ3v) is 8.19. The normalized spacial score (nSPS) is 16.2. The Morgan fingerprint density at radius 3 is 2.61 bits per heavy atom. The maximum atomic E-state index is 12.0. The van der Waals surface area contributed by atoms with E-state index in [1.807, 2.05) is 23.0 Å². The van der Waals surface area contributed by atoms with Crippen LogP contribution in [-0.4, -0.2) is 72.7 Å². The van der Waals surface area contributed by atoms with E-state index in [0.717, 1.165) is 16.3 Å². The van der Waals surface area contributed by atoms with Gasteiger partial charge in [-0.3, -0.25) is 9.48 Å². The van der Waals surface area contributed by atoms with Crippen molar-refractivity contribution in [2.24, 2.45) is 5.92 Å². The summed E-state index contributed by atoms with van der Waals surface area (Å²) < 4.78 is 23.6. The highest BCUT2D eigenvalue weighted by Crippen LogP contribution is 2.46. The average Bonchev–Trinajstić information content (AvgIpc) is 3.68. The fraction of sp³-hybridized carbons (Fsp3) is 0.355.